The number of furan rings is 1. The molecule has 3 aliphatic rings. The van der Waals surface area contributed by atoms with Gasteiger partial charge in [0.2, 0.25) is 6.79 Å². The van der Waals surface area contributed by atoms with Crippen molar-refractivity contribution >= 4 is 16.9 Å². The van der Waals surface area contributed by atoms with Crippen LogP contribution in [0.5, 0.6) is 17.2 Å². The summed E-state index contributed by atoms with van der Waals surface area (Å²) in [5.41, 5.74) is 3.46. The van der Waals surface area contributed by atoms with Gasteiger partial charge in [-0.3, -0.25) is 4.79 Å². The molecule has 2 aliphatic heterocycles. The van der Waals surface area contributed by atoms with E-state index in [0.717, 1.165) is 79.5 Å². The van der Waals surface area contributed by atoms with Gasteiger partial charge >= 0.3 is 0 Å². The molecular weight excluding hydrogens is 420 g/mol. The maximum atomic E-state index is 12.8. The lowest BCUT2D eigenvalue weighted by atomic mass is 9.96. The van der Waals surface area contributed by atoms with E-state index >= 15 is 0 Å². The molecule has 1 saturated heterocycles. The topological polar surface area (TPSA) is 65.6 Å². The minimum atomic E-state index is 0.0476. The van der Waals surface area contributed by atoms with Crippen molar-refractivity contribution < 1.29 is 28.3 Å². The molecule has 0 radical (unpaired) electrons. The Labute approximate surface area is 192 Å². The molecule has 33 heavy (non-hydrogen) atoms. The third-order valence-corrected chi connectivity index (χ3v) is 7.00. The standard InChI is InChI=1S/C26H28N2O5/c29-26(16-30-19-6-8-23-21(14-19)20-3-1-2-4-22(20)33-23)28-11-9-27(10-12-28)15-18-5-7-24-25(13-18)32-17-31-24/h5-8,13-14H,1-4,9-12,15-17H2/p+1. The Morgan fingerprint density at radius 2 is 1.85 bits per heavy atom. The first kappa shape index (κ1) is 20.4. The first-order chi connectivity index (χ1) is 16.2. The van der Waals surface area contributed by atoms with Gasteiger partial charge in [-0.25, -0.2) is 0 Å². The number of piperazine rings is 1. The third-order valence-electron chi connectivity index (χ3n) is 7.00. The highest BCUT2D eigenvalue weighted by Crippen LogP contribution is 2.34. The smallest absolute Gasteiger partial charge is 0.260 e. The average Bonchev–Trinajstić information content (AvgIpc) is 3.47. The van der Waals surface area contributed by atoms with Gasteiger partial charge in [0.25, 0.3) is 5.91 Å². The number of nitrogens with zero attached hydrogens (tertiary/aromatic N) is 1. The van der Waals surface area contributed by atoms with E-state index in [4.69, 9.17) is 18.6 Å². The number of hydrogen-bond donors (Lipinski definition) is 1. The van der Waals surface area contributed by atoms with Crippen molar-refractivity contribution in [1.29, 1.82) is 0 Å². The van der Waals surface area contributed by atoms with Gasteiger partial charge in [-0.15, -0.1) is 0 Å². The second-order valence-corrected chi connectivity index (χ2v) is 9.15. The maximum Gasteiger partial charge on any atom is 0.260 e. The Morgan fingerprint density at radius 3 is 2.76 bits per heavy atom. The number of quaternary nitrogens is 1. The van der Waals surface area contributed by atoms with E-state index in [-0.39, 0.29) is 12.5 Å². The second kappa shape index (κ2) is 8.63. The highest BCUT2D eigenvalue weighted by atomic mass is 16.7. The maximum absolute atomic E-state index is 12.8. The zero-order chi connectivity index (χ0) is 22.2. The van der Waals surface area contributed by atoms with Crippen molar-refractivity contribution in [1.82, 2.24) is 4.90 Å². The third kappa shape index (κ3) is 4.13. The Bertz CT molecular complexity index is 1180. The summed E-state index contributed by atoms with van der Waals surface area (Å²) in [4.78, 5) is 16.1. The van der Waals surface area contributed by atoms with Crippen LogP contribution in [0.1, 0.15) is 29.7 Å². The molecule has 1 N–H and O–H groups in total. The summed E-state index contributed by atoms with van der Waals surface area (Å²) >= 11 is 0. The Kier molecular flexibility index (Phi) is 5.34. The van der Waals surface area contributed by atoms with E-state index in [2.05, 4.69) is 12.1 Å². The predicted octanol–water partition coefficient (Wildman–Crippen LogP) is 2.35. The SMILES string of the molecule is O=C(COc1ccc2oc3c(c2c1)CCCC3)N1CC[NH+](Cc2ccc3c(c2)OCO3)CC1. The van der Waals surface area contributed by atoms with Crippen LogP contribution >= 0.6 is 0 Å². The number of fused-ring (bicyclic) bond motifs is 4. The van der Waals surface area contributed by atoms with Gasteiger partial charge in [0.15, 0.2) is 18.1 Å². The summed E-state index contributed by atoms with van der Waals surface area (Å²) in [5.74, 6) is 3.54. The molecule has 0 unspecified atom stereocenters. The van der Waals surface area contributed by atoms with Crippen molar-refractivity contribution in [3.63, 3.8) is 0 Å². The minimum Gasteiger partial charge on any atom is -0.484 e. The molecule has 7 heteroatoms. The molecule has 6 rings (SSSR count). The molecule has 1 aliphatic carbocycles. The number of carbonyl (C=O) groups is 1. The second-order valence-electron chi connectivity index (χ2n) is 9.15. The van der Waals surface area contributed by atoms with Crippen molar-refractivity contribution in [3.05, 3.63) is 53.3 Å². The van der Waals surface area contributed by atoms with Crippen LogP contribution < -0.4 is 19.1 Å². The first-order valence-corrected chi connectivity index (χ1v) is 11.9. The van der Waals surface area contributed by atoms with E-state index in [1.54, 1.807) is 0 Å². The van der Waals surface area contributed by atoms with Gasteiger partial charge in [0.05, 0.1) is 26.2 Å². The number of aryl methyl sites for hydroxylation is 2. The lowest BCUT2D eigenvalue weighted by Crippen LogP contribution is -3.13. The molecular formula is C26H29N2O5+. The minimum absolute atomic E-state index is 0.0476. The molecule has 0 spiro atoms. The van der Waals surface area contributed by atoms with Gasteiger partial charge in [0, 0.05) is 22.9 Å². The molecule has 0 saturated carbocycles. The number of benzene rings is 2. The van der Waals surface area contributed by atoms with E-state index < -0.39 is 0 Å². The summed E-state index contributed by atoms with van der Waals surface area (Å²) in [6.07, 6.45) is 4.47. The largest absolute Gasteiger partial charge is 0.484 e. The molecule has 1 aromatic heterocycles. The number of rotatable bonds is 5. The molecule has 1 fully saturated rings. The fraction of sp³-hybridized carbons (Fsp3) is 0.423. The zero-order valence-electron chi connectivity index (χ0n) is 18.7. The van der Waals surface area contributed by atoms with Crippen LogP contribution in [-0.2, 0) is 24.2 Å². The molecule has 172 valence electrons. The number of amides is 1. The van der Waals surface area contributed by atoms with E-state index in [1.807, 2.05) is 29.2 Å². The normalized spacial score (nSPS) is 17.9. The average molecular weight is 450 g/mol. The highest BCUT2D eigenvalue weighted by molar-refractivity contribution is 5.84. The summed E-state index contributed by atoms with van der Waals surface area (Å²) in [6, 6.07) is 12.0. The lowest BCUT2D eigenvalue weighted by Gasteiger charge is -2.32. The van der Waals surface area contributed by atoms with E-state index in [9.17, 15) is 4.79 Å². The van der Waals surface area contributed by atoms with Gasteiger partial charge in [-0.05, 0) is 55.7 Å². The van der Waals surface area contributed by atoms with Crippen LogP contribution in [0.4, 0.5) is 0 Å². The van der Waals surface area contributed by atoms with Gasteiger partial charge in [-0.2, -0.15) is 0 Å². The van der Waals surface area contributed by atoms with Crippen LogP contribution in [0, 0.1) is 0 Å². The number of ether oxygens (including phenoxy) is 3. The van der Waals surface area contributed by atoms with Crippen LogP contribution in [0.25, 0.3) is 11.0 Å². The van der Waals surface area contributed by atoms with Crippen molar-refractivity contribution in [2.45, 2.75) is 32.2 Å². The number of carbonyl (C=O) groups excluding carboxylic acids is 1. The van der Waals surface area contributed by atoms with Crippen LogP contribution in [0.15, 0.2) is 40.8 Å². The fourth-order valence-corrected chi connectivity index (χ4v) is 5.16. The number of hydrogen-bond acceptors (Lipinski definition) is 5. The lowest BCUT2D eigenvalue weighted by molar-refractivity contribution is -0.917. The Morgan fingerprint density at radius 1 is 1.00 bits per heavy atom. The monoisotopic (exact) mass is 449 g/mol. The number of nitrogens with one attached hydrogen (secondary N) is 1. The summed E-state index contributed by atoms with van der Waals surface area (Å²) in [5, 5.41) is 1.13. The molecule has 0 bridgehead atoms. The molecule has 3 aromatic rings. The van der Waals surface area contributed by atoms with Crippen molar-refractivity contribution in [3.8, 4) is 17.2 Å². The summed E-state index contributed by atoms with van der Waals surface area (Å²) < 4.78 is 22.8. The van der Waals surface area contributed by atoms with E-state index in [0.29, 0.717) is 6.79 Å². The molecule has 1 amide bonds. The highest BCUT2D eigenvalue weighted by Gasteiger charge is 2.25. The molecule has 7 nitrogen and oxygen atoms in total. The quantitative estimate of drug-likeness (QED) is 0.648. The Hall–Kier alpha value is -3.19. The fourth-order valence-electron chi connectivity index (χ4n) is 5.16. The predicted molar refractivity (Wildman–Crippen MR) is 122 cm³/mol. The van der Waals surface area contributed by atoms with Gasteiger partial charge < -0.3 is 28.4 Å². The summed E-state index contributed by atoms with van der Waals surface area (Å²) in [6.45, 7) is 4.63. The Balaban J connectivity index is 1.02. The van der Waals surface area contributed by atoms with E-state index in [1.165, 1.54) is 28.9 Å². The van der Waals surface area contributed by atoms with Gasteiger partial charge in [0.1, 0.15) is 23.6 Å². The zero-order valence-corrected chi connectivity index (χ0v) is 18.7. The van der Waals surface area contributed by atoms with Crippen molar-refractivity contribution in [2.24, 2.45) is 0 Å². The van der Waals surface area contributed by atoms with Gasteiger partial charge in [-0.1, -0.05) is 0 Å². The molecule has 2 aromatic carbocycles. The molecule has 3 heterocycles. The van der Waals surface area contributed by atoms with Crippen LogP contribution in [0.2, 0.25) is 0 Å². The first-order valence-electron chi connectivity index (χ1n) is 11.9. The molecule has 0 atom stereocenters. The van der Waals surface area contributed by atoms with Crippen LogP contribution in [-0.4, -0.2) is 50.4 Å². The van der Waals surface area contributed by atoms with Crippen LogP contribution in [0.3, 0.4) is 0 Å². The van der Waals surface area contributed by atoms with Crippen molar-refractivity contribution in [2.75, 3.05) is 39.6 Å². The summed E-state index contributed by atoms with van der Waals surface area (Å²) in [7, 11) is 0.